The van der Waals surface area contributed by atoms with Crippen molar-refractivity contribution in [3.8, 4) is 0 Å². The number of methoxy groups -OCH3 is 1. The smallest absolute Gasteiger partial charge is 0.225 e. The van der Waals surface area contributed by atoms with E-state index >= 15 is 0 Å². The zero-order valence-electron chi connectivity index (χ0n) is 14.7. The molecule has 25 heavy (non-hydrogen) atoms. The fraction of sp³-hybridized carbons (Fsp3) is 0.765. The van der Waals surface area contributed by atoms with Crippen LogP contribution >= 0.6 is 0 Å². The van der Waals surface area contributed by atoms with Crippen LogP contribution in [0.4, 0.5) is 5.95 Å². The summed E-state index contributed by atoms with van der Waals surface area (Å²) >= 11 is 0. The van der Waals surface area contributed by atoms with Crippen molar-refractivity contribution in [2.24, 2.45) is 5.41 Å². The average molecular weight is 366 g/mol. The molecule has 0 radical (unpaired) electrons. The lowest BCUT2D eigenvalue weighted by atomic mass is 9.77. The molecule has 0 aromatic carbocycles. The van der Waals surface area contributed by atoms with Crippen LogP contribution in [0.1, 0.15) is 32.1 Å². The summed E-state index contributed by atoms with van der Waals surface area (Å²) in [5, 5.41) is -0.111. The third-order valence-corrected chi connectivity index (χ3v) is 8.27. The minimum Gasteiger partial charge on any atom is -0.383 e. The SMILES string of the molecule is COC[C@H]1CC2(CCN(S(=O)(=O)C3CC3)CC2)CN1c1ncccn1. The van der Waals surface area contributed by atoms with Gasteiger partial charge in [-0.3, -0.25) is 0 Å². The Bertz CT molecular complexity index is 700. The number of sulfonamides is 1. The van der Waals surface area contributed by atoms with E-state index in [9.17, 15) is 8.42 Å². The molecule has 7 nitrogen and oxygen atoms in total. The number of nitrogens with zero attached hydrogens (tertiary/aromatic N) is 4. The van der Waals surface area contributed by atoms with Gasteiger partial charge in [-0.25, -0.2) is 22.7 Å². The Kier molecular flexibility index (Phi) is 4.45. The van der Waals surface area contributed by atoms with Crippen molar-refractivity contribution in [2.45, 2.75) is 43.4 Å². The third kappa shape index (κ3) is 3.27. The van der Waals surface area contributed by atoms with E-state index in [1.165, 1.54) is 0 Å². The molecule has 1 atom stereocenters. The predicted molar refractivity (Wildman–Crippen MR) is 94.8 cm³/mol. The molecular formula is C17H26N4O3S. The average Bonchev–Trinajstić information content (AvgIpc) is 3.42. The van der Waals surface area contributed by atoms with Crippen molar-refractivity contribution in [1.29, 1.82) is 0 Å². The van der Waals surface area contributed by atoms with Crippen LogP contribution < -0.4 is 4.90 Å². The van der Waals surface area contributed by atoms with Crippen molar-refractivity contribution < 1.29 is 13.2 Å². The first-order valence-corrected chi connectivity index (χ1v) is 10.6. The molecule has 2 aliphatic heterocycles. The van der Waals surface area contributed by atoms with Gasteiger partial charge in [0.25, 0.3) is 0 Å². The van der Waals surface area contributed by atoms with Crippen molar-refractivity contribution in [3.63, 3.8) is 0 Å². The lowest BCUT2D eigenvalue weighted by Gasteiger charge is -2.38. The van der Waals surface area contributed by atoms with Gasteiger partial charge in [0.2, 0.25) is 16.0 Å². The second-order valence-corrected chi connectivity index (χ2v) is 9.85. The Labute approximate surface area is 149 Å². The molecule has 1 aromatic heterocycles. The van der Waals surface area contributed by atoms with Crippen molar-refractivity contribution in [1.82, 2.24) is 14.3 Å². The molecule has 4 rings (SSSR count). The van der Waals surface area contributed by atoms with E-state index in [0.29, 0.717) is 19.7 Å². The Morgan fingerprint density at radius 3 is 2.52 bits per heavy atom. The molecular weight excluding hydrogens is 340 g/mol. The summed E-state index contributed by atoms with van der Waals surface area (Å²) in [5.41, 5.74) is 0.137. The van der Waals surface area contributed by atoms with Crippen LogP contribution in [0, 0.1) is 5.41 Å². The number of hydrogen-bond donors (Lipinski definition) is 0. The Morgan fingerprint density at radius 2 is 1.92 bits per heavy atom. The first-order chi connectivity index (χ1) is 12.0. The highest BCUT2D eigenvalue weighted by molar-refractivity contribution is 7.90. The van der Waals surface area contributed by atoms with Gasteiger partial charge >= 0.3 is 0 Å². The molecule has 1 spiro atoms. The second-order valence-electron chi connectivity index (χ2n) is 7.63. The summed E-state index contributed by atoms with van der Waals surface area (Å²) in [6, 6.07) is 2.07. The van der Waals surface area contributed by atoms with Crippen LogP contribution in [0.25, 0.3) is 0 Å². The standard InChI is InChI=1S/C17H26N4O3S/c1-24-12-14-11-17(13-21(14)16-18-7-2-8-19-16)5-9-20(10-6-17)25(22,23)15-3-4-15/h2,7-8,14-15H,3-6,9-13H2,1H3/t14-/m1/s1. The zero-order chi connectivity index (χ0) is 17.5. The van der Waals surface area contributed by atoms with E-state index in [1.807, 2.05) is 6.07 Å². The van der Waals surface area contributed by atoms with Gasteiger partial charge in [-0.1, -0.05) is 0 Å². The molecule has 1 aromatic rings. The quantitative estimate of drug-likeness (QED) is 0.781. The Balaban J connectivity index is 1.48. The molecule has 138 valence electrons. The Morgan fingerprint density at radius 1 is 1.24 bits per heavy atom. The zero-order valence-corrected chi connectivity index (χ0v) is 15.5. The van der Waals surface area contributed by atoms with E-state index in [4.69, 9.17) is 4.74 Å². The van der Waals surface area contributed by atoms with E-state index in [1.54, 1.807) is 23.8 Å². The molecule has 3 fully saturated rings. The lowest BCUT2D eigenvalue weighted by Crippen LogP contribution is -2.45. The highest BCUT2D eigenvalue weighted by Crippen LogP contribution is 2.45. The van der Waals surface area contributed by atoms with Gasteiger partial charge in [-0.15, -0.1) is 0 Å². The normalized spacial score (nSPS) is 27.1. The first kappa shape index (κ1) is 17.2. The maximum absolute atomic E-state index is 12.5. The van der Waals surface area contributed by atoms with Crippen LogP contribution in [0.3, 0.4) is 0 Å². The molecule has 2 saturated heterocycles. The largest absolute Gasteiger partial charge is 0.383 e. The Hall–Kier alpha value is -1.25. The minimum atomic E-state index is -3.05. The van der Waals surface area contributed by atoms with Gasteiger partial charge < -0.3 is 9.64 Å². The summed E-state index contributed by atoms with van der Waals surface area (Å²) in [5.74, 6) is 0.745. The predicted octanol–water partition coefficient (Wildman–Crippen LogP) is 1.28. The van der Waals surface area contributed by atoms with Gasteiger partial charge in [-0.05, 0) is 43.6 Å². The molecule has 3 aliphatic rings. The third-order valence-electron chi connectivity index (χ3n) is 5.87. The number of anilines is 1. The lowest BCUT2D eigenvalue weighted by molar-refractivity contribution is 0.148. The fourth-order valence-corrected chi connectivity index (χ4v) is 6.18. The van der Waals surface area contributed by atoms with Crippen molar-refractivity contribution in [2.75, 3.05) is 38.3 Å². The molecule has 1 saturated carbocycles. The maximum atomic E-state index is 12.5. The van der Waals surface area contributed by atoms with Crippen LogP contribution in [0.5, 0.6) is 0 Å². The van der Waals surface area contributed by atoms with Gasteiger partial charge in [0.15, 0.2) is 0 Å². The molecule has 0 unspecified atom stereocenters. The van der Waals surface area contributed by atoms with E-state index in [-0.39, 0.29) is 16.7 Å². The van der Waals surface area contributed by atoms with E-state index in [2.05, 4.69) is 14.9 Å². The summed E-state index contributed by atoms with van der Waals surface area (Å²) in [7, 11) is -1.33. The van der Waals surface area contributed by atoms with Crippen LogP contribution in [0.15, 0.2) is 18.5 Å². The first-order valence-electron chi connectivity index (χ1n) is 9.06. The van der Waals surface area contributed by atoms with Crippen molar-refractivity contribution >= 4 is 16.0 Å². The summed E-state index contributed by atoms with van der Waals surface area (Å²) < 4.78 is 32.1. The summed E-state index contributed by atoms with van der Waals surface area (Å²) in [6.07, 6.45) is 8.02. The molecule has 0 bridgehead atoms. The minimum absolute atomic E-state index is 0.111. The van der Waals surface area contributed by atoms with Gasteiger partial charge in [0.1, 0.15) is 0 Å². The number of hydrogen-bond acceptors (Lipinski definition) is 6. The second kappa shape index (κ2) is 6.48. The molecule has 1 aliphatic carbocycles. The summed E-state index contributed by atoms with van der Waals surface area (Å²) in [6.45, 7) is 2.80. The molecule has 3 heterocycles. The fourth-order valence-electron chi connectivity index (χ4n) is 4.33. The monoisotopic (exact) mass is 366 g/mol. The molecule has 0 N–H and O–H groups in total. The number of ether oxygens (including phenoxy) is 1. The highest BCUT2D eigenvalue weighted by atomic mass is 32.2. The molecule has 0 amide bonds. The van der Waals surface area contributed by atoms with Gasteiger partial charge in [-0.2, -0.15) is 0 Å². The van der Waals surface area contributed by atoms with Crippen LogP contribution in [0.2, 0.25) is 0 Å². The topological polar surface area (TPSA) is 75.6 Å². The van der Waals surface area contributed by atoms with Gasteiger partial charge in [0.05, 0.1) is 17.9 Å². The number of aromatic nitrogens is 2. The van der Waals surface area contributed by atoms with Crippen molar-refractivity contribution in [3.05, 3.63) is 18.5 Å². The number of piperidine rings is 1. The van der Waals surface area contributed by atoms with Gasteiger partial charge in [0, 0.05) is 39.1 Å². The molecule has 8 heteroatoms. The van der Waals surface area contributed by atoms with E-state index in [0.717, 1.165) is 44.6 Å². The summed E-state index contributed by atoms with van der Waals surface area (Å²) in [4.78, 5) is 11.1. The highest BCUT2D eigenvalue weighted by Gasteiger charge is 2.49. The van der Waals surface area contributed by atoms with Crippen LogP contribution in [-0.4, -0.2) is 67.3 Å². The number of rotatable bonds is 5. The van der Waals surface area contributed by atoms with Crippen LogP contribution in [-0.2, 0) is 14.8 Å². The van der Waals surface area contributed by atoms with E-state index < -0.39 is 10.0 Å². The maximum Gasteiger partial charge on any atom is 0.225 e.